The lowest BCUT2D eigenvalue weighted by molar-refractivity contribution is -0.136. The van der Waals surface area contributed by atoms with Gasteiger partial charge in [-0.3, -0.25) is 4.79 Å². The van der Waals surface area contributed by atoms with E-state index in [0.29, 0.717) is 11.3 Å². The molecule has 2 aromatic rings. The highest BCUT2D eigenvalue weighted by molar-refractivity contribution is 7.98. The third kappa shape index (κ3) is 3.99. The minimum atomic E-state index is -0.855. The number of thioether (sulfide) groups is 1. The van der Waals surface area contributed by atoms with E-state index in [9.17, 15) is 9.18 Å². The molecule has 0 radical (unpaired) electrons. The van der Waals surface area contributed by atoms with Crippen LogP contribution in [0, 0.1) is 5.82 Å². The van der Waals surface area contributed by atoms with Gasteiger partial charge >= 0.3 is 5.97 Å². The second kappa shape index (κ2) is 6.77. The van der Waals surface area contributed by atoms with Crippen molar-refractivity contribution >= 4 is 29.3 Å². The first-order chi connectivity index (χ1) is 9.56. The van der Waals surface area contributed by atoms with Crippen LogP contribution in [0.4, 0.5) is 4.39 Å². The fourth-order valence-corrected chi connectivity index (χ4v) is 2.77. The van der Waals surface area contributed by atoms with E-state index in [2.05, 4.69) is 0 Å². The van der Waals surface area contributed by atoms with Gasteiger partial charge in [-0.25, -0.2) is 4.39 Å². The Balaban J connectivity index is 2.00. The van der Waals surface area contributed by atoms with Crippen LogP contribution in [-0.4, -0.2) is 11.1 Å². The SMILES string of the molecule is O=C(O)Cc1ccc(SCc2cccc(Cl)c2F)cc1. The van der Waals surface area contributed by atoms with E-state index in [1.165, 1.54) is 17.8 Å². The summed E-state index contributed by atoms with van der Waals surface area (Å²) in [6.07, 6.45) is 0.00781. The minimum absolute atomic E-state index is 0.00781. The molecule has 104 valence electrons. The van der Waals surface area contributed by atoms with E-state index in [1.807, 2.05) is 12.1 Å². The van der Waals surface area contributed by atoms with Gasteiger partial charge in [0, 0.05) is 10.6 Å². The fourth-order valence-electron chi connectivity index (χ4n) is 1.70. The number of benzene rings is 2. The van der Waals surface area contributed by atoms with Gasteiger partial charge in [-0.1, -0.05) is 35.9 Å². The maximum Gasteiger partial charge on any atom is 0.307 e. The molecule has 20 heavy (non-hydrogen) atoms. The zero-order valence-electron chi connectivity index (χ0n) is 10.5. The van der Waals surface area contributed by atoms with Gasteiger partial charge in [0.25, 0.3) is 0 Å². The molecule has 2 nitrogen and oxygen atoms in total. The Bertz CT molecular complexity index is 614. The van der Waals surface area contributed by atoms with Crippen LogP contribution in [0.2, 0.25) is 5.02 Å². The Kier molecular flexibility index (Phi) is 5.04. The summed E-state index contributed by atoms with van der Waals surface area (Å²) in [5.74, 6) is -0.763. The third-order valence-electron chi connectivity index (χ3n) is 2.70. The minimum Gasteiger partial charge on any atom is -0.481 e. The second-order valence-corrected chi connectivity index (χ2v) is 5.67. The van der Waals surface area contributed by atoms with Gasteiger partial charge < -0.3 is 5.11 Å². The van der Waals surface area contributed by atoms with Crippen molar-refractivity contribution in [1.82, 2.24) is 0 Å². The topological polar surface area (TPSA) is 37.3 Å². The first kappa shape index (κ1) is 14.9. The summed E-state index contributed by atoms with van der Waals surface area (Å²) in [5, 5.41) is 8.81. The van der Waals surface area contributed by atoms with Crippen LogP contribution in [0.15, 0.2) is 47.4 Å². The molecule has 0 unspecified atom stereocenters. The van der Waals surface area contributed by atoms with Crippen LogP contribution < -0.4 is 0 Å². The van der Waals surface area contributed by atoms with E-state index in [0.717, 1.165) is 10.5 Å². The summed E-state index contributed by atoms with van der Waals surface area (Å²) < 4.78 is 13.7. The monoisotopic (exact) mass is 310 g/mol. The molecule has 0 aliphatic rings. The van der Waals surface area contributed by atoms with E-state index < -0.39 is 5.97 Å². The van der Waals surface area contributed by atoms with Gasteiger partial charge in [0.2, 0.25) is 0 Å². The summed E-state index contributed by atoms with van der Waals surface area (Å²) in [6, 6.07) is 12.2. The average Bonchev–Trinajstić information content (AvgIpc) is 2.41. The van der Waals surface area contributed by atoms with Crippen LogP contribution in [-0.2, 0) is 17.0 Å². The van der Waals surface area contributed by atoms with Gasteiger partial charge in [0.1, 0.15) is 5.82 Å². The summed E-state index contributed by atoms with van der Waals surface area (Å²) in [5.41, 5.74) is 1.30. The summed E-state index contributed by atoms with van der Waals surface area (Å²) in [7, 11) is 0. The predicted molar refractivity (Wildman–Crippen MR) is 78.8 cm³/mol. The third-order valence-corrected chi connectivity index (χ3v) is 4.06. The molecule has 0 saturated carbocycles. The highest BCUT2D eigenvalue weighted by atomic mass is 35.5. The maximum absolute atomic E-state index is 13.7. The Hall–Kier alpha value is -1.52. The Morgan fingerprint density at radius 2 is 1.90 bits per heavy atom. The zero-order valence-corrected chi connectivity index (χ0v) is 12.0. The largest absolute Gasteiger partial charge is 0.481 e. The quantitative estimate of drug-likeness (QED) is 0.832. The first-order valence-electron chi connectivity index (χ1n) is 5.92. The second-order valence-electron chi connectivity index (χ2n) is 4.22. The average molecular weight is 311 g/mol. The summed E-state index contributed by atoms with van der Waals surface area (Å²) in [4.78, 5) is 11.5. The molecule has 0 fully saturated rings. The standard InChI is InChI=1S/C15H12ClFO2S/c16-13-3-1-2-11(15(13)17)9-20-12-6-4-10(5-7-12)8-14(18)19/h1-7H,8-9H2,(H,18,19). The van der Waals surface area contributed by atoms with Crippen molar-refractivity contribution in [3.63, 3.8) is 0 Å². The predicted octanol–water partition coefficient (Wildman–Crippen LogP) is 4.40. The van der Waals surface area contributed by atoms with E-state index in [1.54, 1.807) is 24.3 Å². The Morgan fingerprint density at radius 1 is 1.20 bits per heavy atom. The number of rotatable bonds is 5. The van der Waals surface area contributed by atoms with Crippen molar-refractivity contribution in [2.24, 2.45) is 0 Å². The number of aliphatic carboxylic acids is 1. The van der Waals surface area contributed by atoms with Crippen molar-refractivity contribution < 1.29 is 14.3 Å². The van der Waals surface area contributed by atoms with Crippen LogP contribution >= 0.6 is 23.4 Å². The Morgan fingerprint density at radius 3 is 2.55 bits per heavy atom. The summed E-state index contributed by atoms with van der Waals surface area (Å²) in [6.45, 7) is 0. The molecule has 2 aromatic carbocycles. The number of hydrogen-bond acceptors (Lipinski definition) is 2. The molecule has 0 atom stereocenters. The van der Waals surface area contributed by atoms with Gasteiger partial charge in [-0.2, -0.15) is 0 Å². The van der Waals surface area contributed by atoms with Crippen molar-refractivity contribution in [3.05, 3.63) is 64.4 Å². The normalized spacial score (nSPS) is 10.5. The zero-order chi connectivity index (χ0) is 14.5. The molecule has 0 aliphatic carbocycles. The highest BCUT2D eigenvalue weighted by Crippen LogP contribution is 2.26. The number of carboxylic acids is 1. The van der Waals surface area contributed by atoms with Gasteiger partial charge in [-0.15, -0.1) is 11.8 Å². The van der Waals surface area contributed by atoms with Crippen molar-refractivity contribution in [2.45, 2.75) is 17.1 Å². The highest BCUT2D eigenvalue weighted by Gasteiger charge is 2.07. The van der Waals surface area contributed by atoms with Crippen molar-refractivity contribution in [3.8, 4) is 0 Å². The molecule has 0 bridgehead atoms. The van der Waals surface area contributed by atoms with Gasteiger partial charge in [-0.05, 0) is 29.3 Å². The lowest BCUT2D eigenvalue weighted by atomic mass is 10.2. The molecule has 0 amide bonds. The van der Waals surface area contributed by atoms with E-state index >= 15 is 0 Å². The van der Waals surface area contributed by atoms with Crippen molar-refractivity contribution in [2.75, 3.05) is 0 Å². The molecule has 0 spiro atoms. The molecule has 5 heteroatoms. The van der Waals surface area contributed by atoms with Crippen LogP contribution in [0.5, 0.6) is 0 Å². The number of carboxylic acid groups (broad SMARTS) is 1. The maximum atomic E-state index is 13.7. The number of hydrogen-bond donors (Lipinski definition) is 1. The molecule has 0 aromatic heterocycles. The van der Waals surface area contributed by atoms with Crippen LogP contribution in [0.1, 0.15) is 11.1 Å². The molecule has 0 heterocycles. The van der Waals surface area contributed by atoms with E-state index in [4.69, 9.17) is 16.7 Å². The molecule has 0 aliphatic heterocycles. The van der Waals surface area contributed by atoms with Crippen LogP contribution in [0.25, 0.3) is 0 Å². The fraction of sp³-hybridized carbons (Fsp3) is 0.133. The molecule has 2 rings (SSSR count). The summed E-state index contributed by atoms with van der Waals surface area (Å²) >= 11 is 7.20. The molecular formula is C15H12ClFO2S. The van der Waals surface area contributed by atoms with Crippen LogP contribution in [0.3, 0.4) is 0 Å². The van der Waals surface area contributed by atoms with Gasteiger partial charge in [0.05, 0.1) is 11.4 Å². The smallest absolute Gasteiger partial charge is 0.307 e. The van der Waals surface area contributed by atoms with Gasteiger partial charge in [0.15, 0.2) is 0 Å². The lowest BCUT2D eigenvalue weighted by Crippen LogP contribution is -1.99. The number of halogens is 2. The number of carbonyl (C=O) groups is 1. The lowest BCUT2D eigenvalue weighted by Gasteiger charge is -2.05. The molecular weight excluding hydrogens is 299 g/mol. The van der Waals surface area contributed by atoms with Crippen molar-refractivity contribution in [1.29, 1.82) is 0 Å². The molecule has 0 saturated heterocycles. The first-order valence-corrected chi connectivity index (χ1v) is 7.29. The van der Waals surface area contributed by atoms with E-state index in [-0.39, 0.29) is 17.3 Å². The molecule has 1 N–H and O–H groups in total. The Labute approximate surface area is 125 Å².